The molecular formula is C25H28N2O. The van der Waals surface area contributed by atoms with Gasteiger partial charge in [-0.2, -0.15) is 0 Å². The number of rotatable bonds is 2. The van der Waals surface area contributed by atoms with Gasteiger partial charge in [0.1, 0.15) is 0 Å². The van der Waals surface area contributed by atoms with E-state index >= 15 is 0 Å². The van der Waals surface area contributed by atoms with Gasteiger partial charge in [-0.05, 0) is 85.1 Å². The van der Waals surface area contributed by atoms with Crippen molar-refractivity contribution in [1.82, 2.24) is 4.90 Å². The van der Waals surface area contributed by atoms with E-state index in [1.165, 1.54) is 36.1 Å². The lowest BCUT2D eigenvalue weighted by Crippen LogP contribution is -2.36. The summed E-state index contributed by atoms with van der Waals surface area (Å²) in [5.41, 5.74) is 4.96. The molecule has 1 amide bonds. The second-order valence-electron chi connectivity index (χ2n) is 9.27. The number of likely N-dealkylation sites (tertiary alicyclic amines) is 1. The SMILES string of the molecule is O=C(c1ccc2c(c1)[C@H]1[C@H]3CC[C@@H](C3)[C@H]1[C@H](c1ccccc1)N2)N1CCCC1. The number of hydrogen-bond donors (Lipinski definition) is 1. The zero-order chi connectivity index (χ0) is 18.7. The van der Waals surface area contributed by atoms with Gasteiger partial charge in [-0.25, -0.2) is 0 Å². The van der Waals surface area contributed by atoms with Crippen LogP contribution < -0.4 is 5.32 Å². The molecule has 3 nitrogen and oxygen atoms in total. The molecule has 2 aromatic rings. The largest absolute Gasteiger partial charge is 0.378 e. The first-order valence-electron chi connectivity index (χ1n) is 11.0. The van der Waals surface area contributed by atoms with Crippen LogP contribution in [0.25, 0.3) is 0 Å². The molecule has 2 saturated carbocycles. The molecule has 28 heavy (non-hydrogen) atoms. The number of anilines is 1. The lowest BCUT2D eigenvalue weighted by atomic mass is 9.68. The van der Waals surface area contributed by atoms with Gasteiger partial charge in [-0.3, -0.25) is 4.79 Å². The van der Waals surface area contributed by atoms with Gasteiger partial charge >= 0.3 is 0 Å². The summed E-state index contributed by atoms with van der Waals surface area (Å²) in [6.45, 7) is 1.84. The highest BCUT2D eigenvalue weighted by atomic mass is 16.2. The van der Waals surface area contributed by atoms with Crippen LogP contribution in [-0.2, 0) is 0 Å². The van der Waals surface area contributed by atoms with Crippen LogP contribution in [0.15, 0.2) is 48.5 Å². The zero-order valence-corrected chi connectivity index (χ0v) is 16.3. The molecule has 3 fully saturated rings. The van der Waals surface area contributed by atoms with E-state index in [1.807, 2.05) is 11.0 Å². The minimum atomic E-state index is 0.227. The predicted molar refractivity (Wildman–Crippen MR) is 111 cm³/mol. The molecule has 5 atom stereocenters. The van der Waals surface area contributed by atoms with E-state index < -0.39 is 0 Å². The van der Waals surface area contributed by atoms with E-state index in [0.29, 0.717) is 17.9 Å². The molecule has 0 radical (unpaired) electrons. The molecule has 2 bridgehead atoms. The minimum Gasteiger partial charge on any atom is -0.378 e. The van der Waals surface area contributed by atoms with Crippen LogP contribution in [-0.4, -0.2) is 23.9 Å². The second kappa shape index (κ2) is 6.37. The van der Waals surface area contributed by atoms with Gasteiger partial charge in [0.05, 0.1) is 6.04 Å². The number of amides is 1. The molecule has 1 N–H and O–H groups in total. The van der Waals surface area contributed by atoms with Gasteiger partial charge in [0.25, 0.3) is 5.91 Å². The van der Waals surface area contributed by atoms with Crippen LogP contribution in [0, 0.1) is 17.8 Å². The van der Waals surface area contributed by atoms with Gasteiger partial charge in [0.15, 0.2) is 0 Å². The Kier molecular flexibility index (Phi) is 3.78. The average Bonchev–Trinajstić information content (AvgIpc) is 3.51. The van der Waals surface area contributed by atoms with Gasteiger partial charge in [-0.15, -0.1) is 0 Å². The Hall–Kier alpha value is -2.29. The summed E-state index contributed by atoms with van der Waals surface area (Å²) < 4.78 is 0. The fraction of sp³-hybridized carbons (Fsp3) is 0.480. The summed E-state index contributed by atoms with van der Waals surface area (Å²) in [6.07, 6.45) is 6.39. The van der Waals surface area contributed by atoms with Crippen LogP contribution in [0.2, 0.25) is 0 Å². The molecule has 6 rings (SSSR count). The normalized spacial score (nSPS) is 32.7. The van der Waals surface area contributed by atoms with Crippen molar-refractivity contribution in [2.24, 2.45) is 17.8 Å². The van der Waals surface area contributed by atoms with Crippen molar-refractivity contribution in [3.63, 3.8) is 0 Å². The zero-order valence-electron chi connectivity index (χ0n) is 16.3. The topological polar surface area (TPSA) is 32.3 Å². The van der Waals surface area contributed by atoms with Crippen molar-refractivity contribution in [2.75, 3.05) is 18.4 Å². The molecule has 0 unspecified atom stereocenters. The maximum absolute atomic E-state index is 13.0. The maximum atomic E-state index is 13.0. The lowest BCUT2D eigenvalue weighted by molar-refractivity contribution is 0.0792. The number of fused-ring (bicyclic) bond motifs is 7. The quantitative estimate of drug-likeness (QED) is 0.784. The number of hydrogen-bond acceptors (Lipinski definition) is 2. The van der Waals surface area contributed by atoms with Crippen LogP contribution in [0.5, 0.6) is 0 Å². The Balaban J connectivity index is 1.41. The molecule has 2 aliphatic carbocycles. The van der Waals surface area contributed by atoms with Crippen molar-refractivity contribution in [1.29, 1.82) is 0 Å². The Bertz CT molecular complexity index is 902. The third kappa shape index (κ3) is 2.45. The van der Waals surface area contributed by atoms with Crippen molar-refractivity contribution >= 4 is 11.6 Å². The highest BCUT2D eigenvalue weighted by Crippen LogP contribution is 2.63. The van der Waals surface area contributed by atoms with Gasteiger partial charge in [-0.1, -0.05) is 30.3 Å². The first-order valence-corrected chi connectivity index (χ1v) is 11.0. The van der Waals surface area contributed by atoms with E-state index in [0.717, 1.165) is 43.3 Å². The maximum Gasteiger partial charge on any atom is 0.253 e. The molecule has 4 aliphatic rings. The highest BCUT2D eigenvalue weighted by Gasteiger charge is 2.53. The standard InChI is InChI=1S/C25H28N2O/c28-25(27-12-4-5-13-27)19-10-11-21-20(15-19)22-17-8-9-18(14-17)23(22)24(26-21)16-6-2-1-3-7-16/h1-3,6-7,10-11,15,17-18,22-24,26H,4-5,8-9,12-14H2/t17-,18-,22+,23+,24-/m0/s1. The van der Waals surface area contributed by atoms with E-state index in [2.05, 4.69) is 47.8 Å². The van der Waals surface area contributed by atoms with E-state index in [1.54, 1.807) is 0 Å². The van der Waals surface area contributed by atoms with E-state index in [-0.39, 0.29) is 5.91 Å². The van der Waals surface area contributed by atoms with Crippen LogP contribution in [0.1, 0.15) is 65.5 Å². The lowest BCUT2D eigenvalue weighted by Gasteiger charge is -2.43. The molecule has 1 saturated heterocycles. The van der Waals surface area contributed by atoms with Crippen molar-refractivity contribution in [3.8, 4) is 0 Å². The highest BCUT2D eigenvalue weighted by molar-refractivity contribution is 5.95. The summed E-state index contributed by atoms with van der Waals surface area (Å²) in [6, 6.07) is 17.8. The second-order valence-corrected chi connectivity index (χ2v) is 9.27. The molecule has 3 heteroatoms. The fourth-order valence-corrected chi connectivity index (χ4v) is 6.71. The molecule has 2 heterocycles. The fourth-order valence-electron chi connectivity index (χ4n) is 6.71. The summed E-state index contributed by atoms with van der Waals surface area (Å²) in [4.78, 5) is 15.0. The summed E-state index contributed by atoms with van der Waals surface area (Å²) in [5, 5.41) is 3.88. The Morgan fingerprint density at radius 2 is 1.75 bits per heavy atom. The van der Waals surface area contributed by atoms with Gasteiger partial charge in [0.2, 0.25) is 0 Å². The van der Waals surface area contributed by atoms with Crippen LogP contribution >= 0.6 is 0 Å². The van der Waals surface area contributed by atoms with Crippen LogP contribution in [0.4, 0.5) is 5.69 Å². The van der Waals surface area contributed by atoms with Gasteiger partial charge in [0, 0.05) is 24.3 Å². The van der Waals surface area contributed by atoms with Crippen molar-refractivity contribution in [2.45, 2.75) is 44.1 Å². The van der Waals surface area contributed by atoms with Crippen molar-refractivity contribution in [3.05, 3.63) is 65.2 Å². The summed E-state index contributed by atoms with van der Waals surface area (Å²) in [5.74, 6) is 3.10. The Morgan fingerprint density at radius 1 is 0.964 bits per heavy atom. The molecule has 144 valence electrons. The average molecular weight is 373 g/mol. The Morgan fingerprint density at radius 3 is 2.57 bits per heavy atom. The molecule has 0 spiro atoms. The molecule has 2 aromatic carbocycles. The molecular weight excluding hydrogens is 344 g/mol. The van der Waals surface area contributed by atoms with Crippen LogP contribution in [0.3, 0.4) is 0 Å². The summed E-state index contributed by atoms with van der Waals surface area (Å²) in [7, 11) is 0. The Labute approximate surface area is 167 Å². The smallest absolute Gasteiger partial charge is 0.253 e. The molecule has 0 aromatic heterocycles. The van der Waals surface area contributed by atoms with Crippen molar-refractivity contribution < 1.29 is 4.79 Å². The first kappa shape index (κ1) is 16.6. The number of carbonyl (C=O) groups excluding carboxylic acids is 1. The van der Waals surface area contributed by atoms with E-state index in [4.69, 9.17) is 0 Å². The first-order chi connectivity index (χ1) is 13.8. The minimum absolute atomic E-state index is 0.227. The molecule has 2 aliphatic heterocycles. The number of nitrogens with one attached hydrogen (secondary N) is 1. The third-order valence-corrected chi connectivity index (χ3v) is 7.89. The monoisotopic (exact) mass is 372 g/mol. The third-order valence-electron chi connectivity index (χ3n) is 7.89. The van der Waals surface area contributed by atoms with Gasteiger partial charge < -0.3 is 10.2 Å². The summed E-state index contributed by atoms with van der Waals surface area (Å²) >= 11 is 0. The van der Waals surface area contributed by atoms with E-state index in [9.17, 15) is 4.79 Å². The predicted octanol–water partition coefficient (Wildman–Crippen LogP) is 5.22. The number of carbonyl (C=O) groups is 1. The number of benzene rings is 2. The number of nitrogens with zero attached hydrogens (tertiary/aromatic N) is 1.